The fraction of sp³-hybridized carbons (Fsp3) is 0.800. The van der Waals surface area contributed by atoms with E-state index in [4.69, 9.17) is 5.11 Å². The molecule has 0 saturated heterocycles. The highest BCUT2D eigenvalue weighted by molar-refractivity contribution is 5.03. The minimum Gasteiger partial charge on any atom is -0.396 e. The Bertz CT molecular complexity index is 138. The van der Waals surface area contributed by atoms with Gasteiger partial charge in [-0.1, -0.05) is 11.6 Å². The Morgan fingerprint density at radius 3 is 3.09 bits per heavy atom. The quantitative estimate of drug-likeness (QED) is 0.619. The second kappa shape index (κ2) is 4.55. The SMILES string of the molecule is CC1=CCCC(CCCO)C1. The molecule has 1 aliphatic rings. The molecule has 0 amide bonds. The Labute approximate surface area is 69.1 Å². The molecule has 1 unspecified atom stereocenters. The van der Waals surface area contributed by atoms with Gasteiger partial charge in [0.2, 0.25) is 0 Å². The van der Waals surface area contributed by atoms with Crippen LogP contribution >= 0.6 is 0 Å². The van der Waals surface area contributed by atoms with Crippen molar-refractivity contribution in [1.29, 1.82) is 0 Å². The number of hydrogen-bond donors (Lipinski definition) is 1. The molecule has 0 saturated carbocycles. The number of hydrogen-bond acceptors (Lipinski definition) is 1. The van der Waals surface area contributed by atoms with Crippen molar-refractivity contribution in [2.75, 3.05) is 6.61 Å². The molecule has 0 fully saturated rings. The van der Waals surface area contributed by atoms with E-state index in [-0.39, 0.29) is 0 Å². The van der Waals surface area contributed by atoms with E-state index >= 15 is 0 Å². The molecular formula is C10H18O. The number of rotatable bonds is 3. The lowest BCUT2D eigenvalue weighted by atomic mass is 9.86. The maximum Gasteiger partial charge on any atom is 0.0431 e. The fourth-order valence-electron chi connectivity index (χ4n) is 1.83. The van der Waals surface area contributed by atoms with Crippen molar-refractivity contribution in [3.05, 3.63) is 11.6 Å². The zero-order valence-corrected chi connectivity index (χ0v) is 7.34. The highest BCUT2D eigenvalue weighted by atomic mass is 16.2. The lowest BCUT2D eigenvalue weighted by molar-refractivity contribution is 0.266. The Balaban J connectivity index is 2.21. The van der Waals surface area contributed by atoms with E-state index in [1.165, 1.54) is 25.7 Å². The summed E-state index contributed by atoms with van der Waals surface area (Å²) >= 11 is 0. The zero-order valence-electron chi connectivity index (χ0n) is 7.34. The molecule has 1 rings (SSSR count). The van der Waals surface area contributed by atoms with E-state index in [1.54, 1.807) is 5.57 Å². The van der Waals surface area contributed by atoms with Gasteiger partial charge in [-0.25, -0.2) is 0 Å². The van der Waals surface area contributed by atoms with Crippen molar-refractivity contribution in [2.24, 2.45) is 5.92 Å². The zero-order chi connectivity index (χ0) is 8.10. The van der Waals surface area contributed by atoms with Gasteiger partial charge in [-0.15, -0.1) is 0 Å². The van der Waals surface area contributed by atoms with Gasteiger partial charge in [0, 0.05) is 6.61 Å². The fourth-order valence-corrected chi connectivity index (χ4v) is 1.83. The van der Waals surface area contributed by atoms with E-state index in [1.807, 2.05) is 0 Å². The van der Waals surface area contributed by atoms with Crippen LogP contribution in [0.5, 0.6) is 0 Å². The molecule has 0 aromatic carbocycles. The van der Waals surface area contributed by atoms with E-state index < -0.39 is 0 Å². The first-order valence-corrected chi connectivity index (χ1v) is 4.59. The molecule has 1 aliphatic carbocycles. The molecule has 1 nitrogen and oxygen atoms in total. The van der Waals surface area contributed by atoms with Crippen LogP contribution in [0, 0.1) is 5.92 Å². The molecule has 1 N–H and O–H groups in total. The summed E-state index contributed by atoms with van der Waals surface area (Å²) in [5, 5.41) is 8.65. The first kappa shape index (κ1) is 8.79. The summed E-state index contributed by atoms with van der Waals surface area (Å²) < 4.78 is 0. The molecule has 1 atom stereocenters. The second-order valence-electron chi connectivity index (χ2n) is 3.56. The normalized spacial score (nSPS) is 24.9. The summed E-state index contributed by atoms with van der Waals surface area (Å²) in [7, 11) is 0. The van der Waals surface area contributed by atoms with Crippen molar-refractivity contribution < 1.29 is 5.11 Å². The van der Waals surface area contributed by atoms with Crippen molar-refractivity contribution in [3.63, 3.8) is 0 Å². The van der Waals surface area contributed by atoms with Crippen LogP contribution in [-0.2, 0) is 0 Å². The minimum absolute atomic E-state index is 0.360. The summed E-state index contributed by atoms with van der Waals surface area (Å²) in [6.07, 6.45) is 8.38. The third kappa shape index (κ3) is 3.06. The molecule has 11 heavy (non-hydrogen) atoms. The Morgan fingerprint density at radius 1 is 1.64 bits per heavy atom. The highest BCUT2D eigenvalue weighted by Gasteiger charge is 2.11. The lowest BCUT2D eigenvalue weighted by Gasteiger charge is -2.20. The first-order valence-electron chi connectivity index (χ1n) is 4.59. The van der Waals surface area contributed by atoms with Gasteiger partial charge in [0.1, 0.15) is 0 Å². The van der Waals surface area contributed by atoms with Gasteiger partial charge < -0.3 is 5.11 Å². The van der Waals surface area contributed by atoms with Crippen LogP contribution < -0.4 is 0 Å². The van der Waals surface area contributed by atoms with Crippen molar-refractivity contribution in [1.82, 2.24) is 0 Å². The van der Waals surface area contributed by atoms with Crippen LogP contribution in [0.15, 0.2) is 11.6 Å². The van der Waals surface area contributed by atoms with Gasteiger partial charge >= 0.3 is 0 Å². The summed E-state index contributed by atoms with van der Waals surface area (Å²) in [5.74, 6) is 0.854. The van der Waals surface area contributed by atoms with Gasteiger partial charge in [-0.05, 0) is 44.9 Å². The molecule has 1 heteroatoms. The highest BCUT2D eigenvalue weighted by Crippen LogP contribution is 2.26. The maximum atomic E-state index is 8.65. The van der Waals surface area contributed by atoms with E-state index in [0.29, 0.717) is 6.61 Å². The molecule has 0 bridgehead atoms. The number of allylic oxidation sites excluding steroid dienone is 2. The Kier molecular flexibility index (Phi) is 3.64. The topological polar surface area (TPSA) is 20.2 Å². The average Bonchev–Trinajstić information content (AvgIpc) is 2.01. The van der Waals surface area contributed by atoms with Crippen LogP contribution in [0.4, 0.5) is 0 Å². The largest absolute Gasteiger partial charge is 0.396 e. The van der Waals surface area contributed by atoms with Gasteiger partial charge in [0.15, 0.2) is 0 Å². The smallest absolute Gasteiger partial charge is 0.0431 e. The standard InChI is InChI=1S/C10H18O/c1-9-4-2-5-10(8-9)6-3-7-11/h4,10-11H,2-3,5-8H2,1H3. The van der Waals surface area contributed by atoms with Crippen LogP contribution in [0.1, 0.15) is 39.0 Å². The van der Waals surface area contributed by atoms with Crippen molar-refractivity contribution in [2.45, 2.75) is 39.0 Å². The minimum atomic E-state index is 0.360. The Hall–Kier alpha value is -0.300. The number of aliphatic hydroxyl groups excluding tert-OH is 1. The molecule has 64 valence electrons. The van der Waals surface area contributed by atoms with Crippen molar-refractivity contribution >= 4 is 0 Å². The van der Waals surface area contributed by atoms with E-state index in [2.05, 4.69) is 13.0 Å². The van der Waals surface area contributed by atoms with Gasteiger partial charge in [-0.2, -0.15) is 0 Å². The van der Waals surface area contributed by atoms with Crippen LogP contribution in [-0.4, -0.2) is 11.7 Å². The van der Waals surface area contributed by atoms with E-state index in [9.17, 15) is 0 Å². The molecular weight excluding hydrogens is 136 g/mol. The molecule has 0 aliphatic heterocycles. The monoisotopic (exact) mass is 154 g/mol. The molecule has 0 heterocycles. The predicted molar refractivity (Wildman–Crippen MR) is 47.4 cm³/mol. The molecule has 0 aromatic heterocycles. The summed E-state index contributed by atoms with van der Waals surface area (Å²) in [6.45, 7) is 2.57. The summed E-state index contributed by atoms with van der Waals surface area (Å²) in [4.78, 5) is 0. The third-order valence-electron chi connectivity index (χ3n) is 2.45. The average molecular weight is 154 g/mol. The van der Waals surface area contributed by atoms with Crippen molar-refractivity contribution in [3.8, 4) is 0 Å². The number of aliphatic hydroxyl groups is 1. The predicted octanol–water partition coefficient (Wildman–Crippen LogP) is 2.51. The van der Waals surface area contributed by atoms with Gasteiger partial charge in [0.25, 0.3) is 0 Å². The van der Waals surface area contributed by atoms with Gasteiger partial charge in [-0.3, -0.25) is 0 Å². The summed E-state index contributed by atoms with van der Waals surface area (Å²) in [6, 6.07) is 0. The van der Waals surface area contributed by atoms with Gasteiger partial charge in [0.05, 0.1) is 0 Å². The van der Waals surface area contributed by atoms with Crippen LogP contribution in [0.25, 0.3) is 0 Å². The van der Waals surface area contributed by atoms with Crippen LogP contribution in [0.3, 0.4) is 0 Å². The molecule has 0 radical (unpaired) electrons. The maximum absolute atomic E-state index is 8.65. The van der Waals surface area contributed by atoms with Crippen LogP contribution in [0.2, 0.25) is 0 Å². The second-order valence-corrected chi connectivity index (χ2v) is 3.56. The first-order chi connectivity index (χ1) is 5.33. The Morgan fingerprint density at radius 2 is 2.45 bits per heavy atom. The molecule has 0 aromatic rings. The molecule has 0 spiro atoms. The summed E-state index contributed by atoms with van der Waals surface area (Å²) in [5.41, 5.74) is 1.54. The third-order valence-corrected chi connectivity index (χ3v) is 2.45. The lowest BCUT2D eigenvalue weighted by Crippen LogP contribution is -2.06. The van der Waals surface area contributed by atoms with E-state index in [0.717, 1.165) is 12.3 Å².